The molecule has 72 valence electrons. The van der Waals surface area contributed by atoms with E-state index in [4.69, 9.17) is 0 Å². The van der Waals surface area contributed by atoms with E-state index in [-0.39, 0.29) is 6.10 Å². The summed E-state index contributed by atoms with van der Waals surface area (Å²) in [7, 11) is 0. The number of nitrogens with one attached hydrogen (secondary N) is 1. The highest BCUT2D eigenvalue weighted by atomic mass is 32.2. The number of rotatable bonds is 0. The number of H-pyrrole nitrogens is 1. The molecule has 0 amide bonds. The predicted octanol–water partition coefficient (Wildman–Crippen LogP) is 2.18. The van der Waals surface area contributed by atoms with E-state index in [1.807, 2.05) is 12.1 Å². The van der Waals surface area contributed by atoms with Crippen molar-refractivity contribution in [2.24, 2.45) is 0 Å². The lowest BCUT2D eigenvalue weighted by molar-refractivity contribution is 0.197. The summed E-state index contributed by atoms with van der Waals surface area (Å²) in [5.41, 5.74) is 2.46. The smallest absolute Gasteiger partial charge is 0.0767 e. The monoisotopic (exact) mass is 205 g/mol. The van der Waals surface area contributed by atoms with E-state index in [0.29, 0.717) is 0 Å². The van der Waals surface area contributed by atoms with Crippen molar-refractivity contribution in [3.05, 3.63) is 29.8 Å². The fraction of sp³-hybridized carbons (Fsp3) is 0.273. The van der Waals surface area contributed by atoms with E-state index < -0.39 is 0 Å². The molecule has 2 nitrogen and oxygen atoms in total. The summed E-state index contributed by atoms with van der Waals surface area (Å²) in [6.07, 6.45) is 0.596. The number of benzene rings is 1. The van der Waals surface area contributed by atoms with Crippen LogP contribution < -0.4 is 0 Å². The molecule has 2 aromatic rings. The van der Waals surface area contributed by atoms with Gasteiger partial charge in [-0.05, 0) is 11.6 Å². The first-order valence-corrected chi connectivity index (χ1v) is 5.73. The molecule has 14 heavy (non-hydrogen) atoms. The van der Waals surface area contributed by atoms with Crippen LogP contribution in [0, 0.1) is 0 Å². The summed E-state index contributed by atoms with van der Waals surface area (Å²) in [4.78, 5) is 3.39. The van der Waals surface area contributed by atoms with Gasteiger partial charge < -0.3 is 10.1 Å². The average molecular weight is 205 g/mol. The fourth-order valence-corrected chi connectivity index (χ4v) is 3.00. The molecule has 0 aliphatic carbocycles. The van der Waals surface area contributed by atoms with Gasteiger partial charge in [0.15, 0.2) is 0 Å². The third-order valence-corrected chi connectivity index (χ3v) is 3.82. The molecule has 2 heterocycles. The Morgan fingerprint density at radius 1 is 1.36 bits per heavy atom. The normalized spacial score (nSPS) is 21.1. The SMILES string of the molecule is OC1CSc2[nH]c3ccccc3c2C1. The van der Waals surface area contributed by atoms with E-state index >= 15 is 0 Å². The molecule has 1 aromatic carbocycles. The molecule has 0 saturated carbocycles. The molecule has 1 aliphatic heterocycles. The number of para-hydroxylation sites is 1. The summed E-state index contributed by atoms with van der Waals surface area (Å²) < 4.78 is 0. The van der Waals surface area contributed by atoms with Crippen molar-refractivity contribution in [3.63, 3.8) is 0 Å². The van der Waals surface area contributed by atoms with Crippen LogP contribution in [0.3, 0.4) is 0 Å². The molecule has 0 saturated heterocycles. The number of aliphatic hydroxyl groups excluding tert-OH is 1. The molecule has 1 aliphatic rings. The summed E-state index contributed by atoms with van der Waals surface area (Å²) in [6, 6.07) is 8.28. The zero-order valence-electron chi connectivity index (χ0n) is 7.66. The van der Waals surface area contributed by atoms with Crippen molar-refractivity contribution in [3.8, 4) is 0 Å². The van der Waals surface area contributed by atoms with Gasteiger partial charge in [-0.3, -0.25) is 0 Å². The van der Waals surface area contributed by atoms with Gasteiger partial charge in [-0.2, -0.15) is 0 Å². The van der Waals surface area contributed by atoms with Gasteiger partial charge in [-0.25, -0.2) is 0 Å². The number of aliphatic hydroxyl groups is 1. The van der Waals surface area contributed by atoms with Crippen LogP contribution in [0.4, 0.5) is 0 Å². The zero-order valence-corrected chi connectivity index (χ0v) is 8.47. The van der Waals surface area contributed by atoms with Crippen molar-refractivity contribution >= 4 is 22.7 Å². The number of hydrogen-bond donors (Lipinski definition) is 2. The average Bonchev–Trinajstić information content (AvgIpc) is 2.56. The van der Waals surface area contributed by atoms with Gasteiger partial charge in [-0.15, -0.1) is 11.8 Å². The second kappa shape index (κ2) is 3.04. The van der Waals surface area contributed by atoms with Crippen molar-refractivity contribution in [2.45, 2.75) is 17.6 Å². The molecular formula is C11H11NOS. The van der Waals surface area contributed by atoms with E-state index in [2.05, 4.69) is 17.1 Å². The molecule has 0 bridgehead atoms. The third-order valence-electron chi connectivity index (χ3n) is 2.63. The van der Waals surface area contributed by atoms with Crippen molar-refractivity contribution in [2.75, 3.05) is 5.75 Å². The minimum absolute atomic E-state index is 0.188. The maximum absolute atomic E-state index is 9.60. The number of thioether (sulfide) groups is 1. The van der Waals surface area contributed by atoms with Gasteiger partial charge in [0, 0.05) is 23.1 Å². The van der Waals surface area contributed by atoms with E-state index in [0.717, 1.165) is 12.2 Å². The lowest BCUT2D eigenvalue weighted by Crippen LogP contribution is -2.17. The molecule has 3 heteroatoms. The highest BCUT2D eigenvalue weighted by Gasteiger charge is 2.20. The second-order valence-electron chi connectivity index (χ2n) is 3.65. The Balaban J connectivity index is 2.25. The topological polar surface area (TPSA) is 36.0 Å². The molecule has 1 aromatic heterocycles. The van der Waals surface area contributed by atoms with E-state index in [1.165, 1.54) is 21.5 Å². The Bertz CT molecular complexity index is 477. The molecule has 2 N–H and O–H groups in total. The maximum Gasteiger partial charge on any atom is 0.0767 e. The molecule has 0 radical (unpaired) electrons. The Hall–Kier alpha value is -0.930. The summed E-state index contributed by atoms with van der Waals surface area (Å²) >= 11 is 1.72. The zero-order chi connectivity index (χ0) is 9.54. The summed E-state index contributed by atoms with van der Waals surface area (Å²) in [5, 5.41) is 12.1. The van der Waals surface area contributed by atoms with Crippen LogP contribution in [0.2, 0.25) is 0 Å². The van der Waals surface area contributed by atoms with Gasteiger partial charge in [0.05, 0.1) is 11.1 Å². The Morgan fingerprint density at radius 2 is 2.21 bits per heavy atom. The lowest BCUT2D eigenvalue weighted by atomic mass is 10.1. The highest BCUT2D eigenvalue weighted by molar-refractivity contribution is 7.99. The maximum atomic E-state index is 9.60. The predicted molar refractivity (Wildman–Crippen MR) is 58.7 cm³/mol. The van der Waals surface area contributed by atoms with E-state index in [1.54, 1.807) is 11.8 Å². The number of aromatic nitrogens is 1. The van der Waals surface area contributed by atoms with Gasteiger partial charge >= 0.3 is 0 Å². The quantitative estimate of drug-likeness (QED) is 0.691. The minimum Gasteiger partial charge on any atom is -0.392 e. The molecule has 1 atom stereocenters. The van der Waals surface area contributed by atoms with Crippen LogP contribution in [0.5, 0.6) is 0 Å². The van der Waals surface area contributed by atoms with E-state index in [9.17, 15) is 5.11 Å². The largest absolute Gasteiger partial charge is 0.392 e. The van der Waals surface area contributed by atoms with Crippen LogP contribution in [0.1, 0.15) is 5.56 Å². The number of fused-ring (bicyclic) bond motifs is 3. The van der Waals surface area contributed by atoms with Gasteiger partial charge in [0.2, 0.25) is 0 Å². The van der Waals surface area contributed by atoms with Crippen LogP contribution in [0.25, 0.3) is 10.9 Å². The summed E-state index contributed by atoms with van der Waals surface area (Å²) in [5.74, 6) is 0.805. The molecule has 1 unspecified atom stereocenters. The third kappa shape index (κ3) is 1.16. The van der Waals surface area contributed by atoms with Crippen molar-refractivity contribution in [1.29, 1.82) is 0 Å². The Labute approximate surface area is 86.3 Å². The first-order chi connectivity index (χ1) is 6.84. The number of hydrogen-bond acceptors (Lipinski definition) is 2. The fourth-order valence-electron chi connectivity index (χ4n) is 1.98. The molecule has 0 spiro atoms. The van der Waals surface area contributed by atoms with Gasteiger partial charge in [-0.1, -0.05) is 18.2 Å². The molecule has 3 rings (SSSR count). The Morgan fingerprint density at radius 3 is 3.14 bits per heavy atom. The molecule has 0 fully saturated rings. The summed E-state index contributed by atoms with van der Waals surface area (Å²) in [6.45, 7) is 0. The van der Waals surface area contributed by atoms with Crippen LogP contribution in [0.15, 0.2) is 29.3 Å². The van der Waals surface area contributed by atoms with Crippen molar-refractivity contribution in [1.82, 2.24) is 4.98 Å². The van der Waals surface area contributed by atoms with Gasteiger partial charge in [0.1, 0.15) is 0 Å². The van der Waals surface area contributed by atoms with Crippen LogP contribution in [-0.2, 0) is 6.42 Å². The standard InChI is InChI=1S/C11H11NOS/c13-7-5-9-8-3-1-2-4-10(8)12-11(9)14-6-7/h1-4,7,12-13H,5-6H2. The van der Waals surface area contributed by atoms with Crippen LogP contribution >= 0.6 is 11.8 Å². The highest BCUT2D eigenvalue weighted by Crippen LogP contribution is 2.34. The Kier molecular flexibility index (Phi) is 1.82. The molecular weight excluding hydrogens is 194 g/mol. The van der Waals surface area contributed by atoms with Crippen LogP contribution in [-0.4, -0.2) is 21.9 Å². The minimum atomic E-state index is -0.188. The second-order valence-corrected chi connectivity index (χ2v) is 4.68. The van der Waals surface area contributed by atoms with Crippen molar-refractivity contribution < 1.29 is 5.11 Å². The first kappa shape index (κ1) is 8.38. The first-order valence-electron chi connectivity index (χ1n) is 4.75. The lowest BCUT2D eigenvalue weighted by Gasteiger charge is -2.16. The number of aromatic amines is 1. The van der Waals surface area contributed by atoms with Gasteiger partial charge in [0.25, 0.3) is 0 Å².